The molecule has 0 aliphatic carbocycles. The number of rotatable bonds is 11. The fourth-order valence-corrected chi connectivity index (χ4v) is 6.28. The van der Waals surface area contributed by atoms with Crippen LogP contribution in [0.1, 0.15) is 30.5 Å². The summed E-state index contributed by atoms with van der Waals surface area (Å²) in [5.41, 5.74) is 1.07. The summed E-state index contributed by atoms with van der Waals surface area (Å²) >= 11 is 0. The molecule has 0 bridgehead atoms. The second-order valence-electron chi connectivity index (χ2n) is 12.2. The summed E-state index contributed by atoms with van der Waals surface area (Å²) in [6.45, 7) is 3.22. The molecule has 3 heterocycles. The van der Waals surface area contributed by atoms with Crippen molar-refractivity contribution in [3.05, 3.63) is 95.6 Å². The lowest BCUT2D eigenvalue weighted by atomic mass is 9.80. The van der Waals surface area contributed by atoms with Crippen molar-refractivity contribution in [2.24, 2.45) is 10.9 Å². The number of hydrogen-bond acceptors (Lipinski definition) is 10. The number of benzene rings is 3. The summed E-state index contributed by atoms with van der Waals surface area (Å²) < 4.78 is 39.8. The third-order valence-electron chi connectivity index (χ3n) is 8.90. The van der Waals surface area contributed by atoms with E-state index in [-0.39, 0.29) is 18.4 Å². The summed E-state index contributed by atoms with van der Waals surface area (Å²) in [5, 5.41) is 19.7. The number of aliphatic imine (C=N–C) groups is 1. The van der Waals surface area contributed by atoms with Gasteiger partial charge in [-0.3, -0.25) is 19.9 Å². The van der Waals surface area contributed by atoms with Crippen LogP contribution in [0.25, 0.3) is 0 Å². The van der Waals surface area contributed by atoms with Gasteiger partial charge >= 0.3 is 0 Å². The van der Waals surface area contributed by atoms with Crippen molar-refractivity contribution >= 4 is 18.2 Å². The average molecular weight is 662 g/mol. The fourth-order valence-electron chi connectivity index (χ4n) is 6.28. The molecule has 12 nitrogen and oxygen atoms in total. The van der Waals surface area contributed by atoms with E-state index in [0.29, 0.717) is 11.5 Å². The van der Waals surface area contributed by atoms with Crippen LogP contribution in [-0.2, 0) is 24.7 Å². The predicted molar refractivity (Wildman–Crippen MR) is 174 cm³/mol. The minimum atomic E-state index is -1.84. The number of amides is 2. The van der Waals surface area contributed by atoms with E-state index >= 15 is 4.39 Å². The molecule has 3 unspecified atom stereocenters. The Bertz CT molecular complexity index is 1560. The van der Waals surface area contributed by atoms with Gasteiger partial charge in [-0.15, -0.1) is 0 Å². The molecular formula is C35H40FN5O7. The summed E-state index contributed by atoms with van der Waals surface area (Å²) in [7, 11) is 3.18. The van der Waals surface area contributed by atoms with Crippen LogP contribution in [-0.4, -0.2) is 92.1 Å². The molecular weight excluding hydrogens is 621 g/mol. The lowest BCUT2D eigenvalue weighted by molar-refractivity contribution is -0.135. The van der Waals surface area contributed by atoms with Crippen LogP contribution in [0.15, 0.2) is 83.9 Å². The molecule has 3 aromatic carbocycles. The van der Waals surface area contributed by atoms with Crippen LogP contribution in [0.2, 0.25) is 0 Å². The quantitative estimate of drug-likeness (QED) is 0.228. The minimum absolute atomic E-state index is 0.248. The molecule has 3 aliphatic rings. The number of ether oxygens (including phenoxy) is 4. The van der Waals surface area contributed by atoms with E-state index in [9.17, 15) is 14.7 Å². The molecule has 3 aliphatic heterocycles. The number of carbonyl (C=O) groups is 2. The van der Waals surface area contributed by atoms with E-state index in [1.807, 2.05) is 78.9 Å². The number of methoxy groups -OCH3 is 2. The number of aliphatic hydroxyl groups is 1. The molecule has 0 spiro atoms. The zero-order valence-electron chi connectivity index (χ0n) is 27.1. The lowest BCUT2D eigenvalue weighted by Crippen LogP contribution is -2.72. The highest BCUT2D eigenvalue weighted by atomic mass is 19.1. The number of aliphatic hydroxyl groups excluding tert-OH is 1. The first-order valence-electron chi connectivity index (χ1n) is 15.8. The van der Waals surface area contributed by atoms with Crippen molar-refractivity contribution in [3.8, 4) is 11.5 Å². The Kier molecular flexibility index (Phi) is 9.65. The van der Waals surface area contributed by atoms with Gasteiger partial charge in [-0.1, -0.05) is 68.4 Å². The Balaban J connectivity index is 1.28. The SMILES string of the molecule is COc1ccc(C(OC[C@H]2O[C@@H](N3C=NC4C(=O)NC(NC(=O)C(C)C)NC43)[C@H](O)[C@@H]2F)(c2ccccc2)c2ccc(OC)cc2)cc1. The summed E-state index contributed by atoms with van der Waals surface area (Å²) in [6, 6.07) is 23.6. The Morgan fingerprint density at radius 2 is 1.58 bits per heavy atom. The van der Waals surface area contributed by atoms with Crippen LogP contribution < -0.4 is 25.4 Å². The summed E-state index contributed by atoms with van der Waals surface area (Å²) in [6.07, 6.45) is -6.14. The Morgan fingerprint density at radius 1 is 1.00 bits per heavy atom. The highest BCUT2D eigenvalue weighted by Crippen LogP contribution is 2.43. The van der Waals surface area contributed by atoms with Gasteiger partial charge in [-0.05, 0) is 41.0 Å². The van der Waals surface area contributed by atoms with Crippen molar-refractivity contribution in [2.75, 3.05) is 20.8 Å². The lowest BCUT2D eigenvalue weighted by Gasteiger charge is -2.40. The van der Waals surface area contributed by atoms with Crippen molar-refractivity contribution in [1.29, 1.82) is 0 Å². The molecule has 13 heteroatoms. The smallest absolute Gasteiger partial charge is 0.251 e. The predicted octanol–water partition coefficient (Wildman–Crippen LogP) is 2.25. The molecule has 254 valence electrons. The van der Waals surface area contributed by atoms with Gasteiger partial charge in [0, 0.05) is 5.92 Å². The number of nitrogens with one attached hydrogen (secondary N) is 3. The van der Waals surface area contributed by atoms with Gasteiger partial charge in [0.15, 0.2) is 24.7 Å². The van der Waals surface area contributed by atoms with Crippen LogP contribution >= 0.6 is 0 Å². The van der Waals surface area contributed by atoms with Crippen LogP contribution in [0.4, 0.5) is 4.39 Å². The van der Waals surface area contributed by atoms with E-state index in [4.69, 9.17) is 18.9 Å². The van der Waals surface area contributed by atoms with E-state index in [0.717, 1.165) is 16.7 Å². The van der Waals surface area contributed by atoms with Gasteiger partial charge < -0.3 is 39.6 Å². The van der Waals surface area contributed by atoms with Crippen molar-refractivity contribution in [1.82, 2.24) is 20.9 Å². The number of hydrogen-bond donors (Lipinski definition) is 4. The fraction of sp³-hybridized carbons (Fsp3) is 0.400. The third-order valence-corrected chi connectivity index (χ3v) is 8.90. The monoisotopic (exact) mass is 661 g/mol. The van der Waals surface area contributed by atoms with E-state index in [2.05, 4.69) is 20.9 Å². The van der Waals surface area contributed by atoms with Crippen LogP contribution in [0.3, 0.4) is 0 Å². The standard InChI is InChI=1S/C35H40FN5O7/c1-20(2)31(43)39-34-38-30-28(32(44)40-34)37-19-41(30)33-29(42)27(36)26(48-33)18-47-35(21-8-6-5-7-9-21,22-10-14-24(45-3)15-11-22)23-12-16-25(46-4)17-13-23/h5-17,19-20,26-30,33-34,38,42H,18H2,1-4H3,(H,39,43)(H,40,44)/t26-,27-,28?,29-,30?,33-,34?/m1/s1. The third kappa shape index (κ3) is 6.21. The number of halogens is 1. The van der Waals surface area contributed by atoms with Gasteiger partial charge in [-0.25, -0.2) is 4.39 Å². The van der Waals surface area contributed by atoms with Crippen molar-refractivity contribution < 1.29 is 38.0 Å². The zero-order chi connectivity index (χ0) is 34.0. The Morgan fingerprint density at radius 3 is 2.15 bits per heavy atom. The van der Waals surface area contributed by atoms with Gasteiger partial charge in [0.25, 0.3) is 5.91 Å². The second-order valence-corrected chi connectivity index (χ2v) is 12.2. The minimum Gasteiger partial charge on any atom is -0.497 e. The molecule has 2 fully saturated rings. The zero-order valence-corrected chi connectivity index (χ0v) is 27.1. The number of fused-ring (bicyclic) bond motifs is 1. The van der Waals surface area contributed by atoms with Crippen molar-refractivity contribution in [3.63, 3.8) is 0 Å². The molecule has 0 saturated carbocycles. The number of nitrogens with zero attached hydrogens (tertiary/aromatic N) is 2. The highest BCUT2D eigenvalue weighted by Gasteiger charge is 2.53. The molecule has 6 rings (SSSR count). The molecule has 3 aromatic rings. The number of carbonyl (C=O) groups excluding carboxylic acids is 2. The average Bonchev–Trinajstić information content (AvgIpc) is 3.66. The van der Waals surface area contributed by atoms with Gasteiger partial charge in [-0.2, -0.15) is 0 Å². The highest BCUT2D eigenvalue weighted by molar-refractivity contribution is 5.88. The van der Waals surface area contributed by atoms with E-state index in [1.54, 1.807) is 28.1 Å². The topological polar surface area (TPSA) is 143 Å². The van der Waals surface area contributed by atoms with E-state index < -0.39 is 54.6 Å². The molecule has 4 N–H and O–H groups in total. The van der Waals surface area contributed by atoms with Crippen LogP contribution in [0, 0.1) is 5.92 Å². The molecule has 7 atom stereocenters. The molecule has 48 heavy (non-hydrogen) atoms. The Hall–Kier alpha value is -4.56. The summed E-state index contributed by atoms with van der Waals surface area (Å²) in [4.78, 5) is 30.9. The molecule has 2 amide bonds. The normalized spacial score (nSPS) is 26.7. The van der Waals surface area contributed by atoms with Gasteiger partial charge in [0.2, 0.25) is 5.91 Å². The second kappa shape index (κ2) is 13.9. The maximum Gasteiger partial charge on any atom is 0.251 e. The molecule has 0 aromatic heterocycles. The molecule has 0 radical (unpaired) electrons. The first kappa shape index (κ1) is 33.3. The first-order valence-corrected chi connectivity index (χ1v) is 15.8. The summed E-state index contributed by atoms with van der Waals surface area (Å²) in [5.74, 6) is 0.300. The first-order chi connectivity index (χ1) is 23.2. The maximum atomic E-state index is 16.0. The maximum absolute atomic E-state index is 16.0. The molecule has 2 saturated heterocycles. The van der Waals surface area contributed by atoms with Crippen molar-refractivity contribution in [2.45, 2.75) is 62.6 Å². The van der Waals surface area contributed by atoms with Gasteiger partial charge in [0.05, 0.1) is 27.2 Å². The van der Waals surface area contributed by atoms with Gasteiger partial charge in [0.1, 0.15) is 35.5 Å². The Labute approximate surface area is 278 Å². The van der Waals surface area contributed by atoms with E-state index in [1.165, 1.54) is 11.2 Å². The van der Waals surface area contributed by atoms with Crippen LogP contribution in [0.5, 0.6) is 11.5 Å². The largest absolute Gasteiger partial charge is 0.497 e. The number of alkyl halides is 1.